The molecule has 1 aliphatic heterocycles. The Bertz CT molecular complexity index is 777. The maximum Gasteiger partial charge on any atom is 0.353 e. The Kier molecular flexibility index (Phi) is 5.62. The van der Waals surface area contributed by atoms with E-state index in [1.807, 2.05) is 43.0 Å². The predicted molar refractivity (Wildman–Crippen MR) is 100 cm³/mol. The summed E-state index contributed by atoms with van der Waals surface area (Å²) in [7, 11) is 0. The molecule has 1 aromatic carbocycles. The first-order valence-electron chi connectivity index (χ1n) is 8.79. The maximum atomic E-state index is 11.8. The third-order valence-electron chi connectivity index (χ3n) is 4.39. The Labute approximate surface area is 152 Å². The lowest BCUT2D eigenvalue weighted by Gasteiger charge is -2.23. The van der Waals surface area contributed by atoms with Gasteiger partial charge >= 0.3 is 5.69 Å². The normalized spacial score (nSPS) is 16.5. The first-order valence-corrected chi connectivity index (χ1v) is 8.79. The van der Waals surface area contributed by atoms with Crippen molar-refractivity contribution in [3.05, 3.63) is 46.3 Å². The fraction of sp³-hybridized carbons (Fsp3) is 0.444. The topological polar surface area (TPSA) is 93.4 Å². The van der Waals surface area contributed by atoms with Gasteiger partial charge in [-0.15, -0.1) is 0 Å². The summed E-state index contributed by atoms with van der Waals surface area (Å²) in [4.78, 5) is 21.5. The summed E-state index contributed by atoms with van der Waals surface area (Å²) in [6, 6.07) is 7.81. The van der Waals surface area contributed by atoms with Crippen molar-refractivity contribution in [2.45, 2.75) is 32.8 Å². The summed E-state index contributed by atoms with van der Waals surface area (Å²) < 4.78 is 5.57. The van der Waals surface area contributed by atoms with E-state index in [4.69, 9.17) is 4.74 Å². The van der Waals surface area contributed by atoms with Gasteiger partial charge in [-0.1, -0.05) is 12.1 Å². The molecule has 26 heavy (non-hydrogen) atoms. The molecule has 0 bridgehead atoms. The Morgan fingerprint density at radius 2 is 2.27 bits per heavy atom. The number of hydrogen-bond donors (Lipinski definition) is 1. The number of rotatable bonds is 7. The SMILES string of the molecule is CCN(c1cccc(C)c1)c1ncnc(NCC2CCCO2)c1[N+](=O)[O-]. The lowest BCUT2D eigenvalue weighted by Crippen LogP contribution is -2.22. The van der Waals surface area contributed by atoms with Gasteiger partial charge in [-0.25, -0.2) is 9.97 Å². The van der Waals surface area contributed by atoms with Crippen LogP contribution in [0.3, 0.4) is 0 Å². The molecule has 1 aliphatic rings. The van der Waals surface area contributed by atoms with Crippen LogP contribution in [-0.4, -0.2) is 40.7 Å². The van der Waals surface area contributed by atoms with Crippen molar-refractivity contribution >= 4 is 23.0 Å². The third-order valence-corrected chi connectivity index (χ3v) is 4.39. The molecule has 0 aliphatic carbocycles. The van der Waals surface area contributed by atoms with Crippen LogP contribution in [-0.2, 0) is 4.74 Å². The lowest BCUT2D eigenvalue weighted by atomic mass is 10.2. The van der Waals surface area contributed by atoms with Gasteiger partial charge in [0, 0.05) is 25.4 Å². The molecule has 2 heterocycles. The summed E-state index contributed by atoms with van der Waals surface area (Å²) in [6.07, 6.45) is 3.38. The van der Waals surface area contributed by atoms with Crippen molar-refractivity contribution in [2.24, 2.45) is 0 Å². The number of nitrogens with zero attached hydrogens (tertiary/aromatic N) is 4. The highest BCUT2D eigenvalue weighted by Gasteiger charge is 2.28. The third kappa shape index (κ3) is 3.91. The molecule has 2 aromatic rings. The molecule has 8 heteroatoms. The molecular weight excluding hydrogens is 334 g/mol. The highest BCUT2D eigenvalue weighted by molar-refractivity contribution is 5.75. The number of aromatic nitrogens is 2. The Morgan fingerprint density at radius 3 is 2.92 bits per heavy atom. The summed E-state index contributed by atoms with van der Waals surface area (Å²) in [5, 5.41) is 14.9. The quantitative estimate of drug-likeness (QED) is 0.599. The van der Waals surface area contributed by atoms with Crippen LogP contribution >= 0.6 is 0 Å². The molecule has 1 unspecified atom stereocenters. The minimum absolute atomic E-state index is 0.0621. The number of benzene rings is 1. The van der Waals surface area contributed by atoms with Crippen molar-refractivity contribution in [2.75, 3.05) is 29.9 Å². The fourth-order valence-electron chi connectivity index (χ4n) is 3.13. The summed E-state index contributed by atoms with van der Waals surface area (Å²) in [6.45, 7) is 5.70. The molecule has 0 spiro atoms. The van der Waals surface area contributed by atoms with Gasteiger partial charge in [0.15, 0.2) is 0 Å². The average molecular weight is 357 g/mol. The van der Waals surface area contributed by atoms with Crippen LogP contribution in [0.25, 0.3) is 0 Å². The van der Waals surface area contributed by atoms with Crippen LogP contribution in [0.1, 0.15) is 25.3 Å². The molecule has 0 radical (unpaired) electrons. The molecule has 1 saturated heterocycles. The van der Waals surface area contributed by atoms with Crippen LogP contribution < -0.4 is 10.2 Å². The zero-order valence-electron chi connectivity index (χ0n) is 15.0. The van der Waals surface area contributed by atoms with E-state index in [2.05, 4.69) is 15.3 Å². The Balaban J connectivity index is 1.94. The molecule has 1 aromatic heterocycles. The van der Waals surface area contributed by atoms with Gasteiger partial charge in [0.05, 0.1) is 11.0 Å². The van der Waals surface area contributed by atoms with Gasteiger partial charge in [-0.05, 0) is 44.4 Å². The lowest BCUT2D eigenvalue weighted by molar-refractivity contribution is -0.383. The smallest absolute Gasteiger partial charge is 0.353 e. The molecule has 1 atom stereocenters. The number of ether oxygens (including phenoxy) is 1. The zero-order chi connectivity index (χ0) is 18.5. The van der Waals surface area contributed by atoms with Crippen LogP contribution in [0.2, 0.25) is 0 Å². The summed E-state index contributed by atoms with van der Waals surface area (Å²) in [5.74, 6) is 0.509. The average Bonchev–Trinajstić information content (AvgIpc) is 3.14. The van der Waals surface area contributed by atoms with Crippen LogP contribution in [0.15, 0.2) is 30.6 Å². The molecule has 0 amide bonds. The molecule has 1 fully saturated rings. The van der Waals surface area contributed by atoms with Crippen LogP contribution in [0.5, 0.6) is 0 Å². The van der Waals surface area contributed by atoms with Gasteiger partial charge in [0.1, 0.15) is 6.33 Å². The van der Waals surface area contributed by atoms with Crippen molar-refractivity contribution < 1.29 is 9.66 Å². The predicted octanol–water partition coefficient (Wildman–Crippen LogP) is 3.44. The number of aryl methyl sites for hydroxylation is 1. The summed E-state index contributed by atoms with van der Waals surface area (Å²) in [5.41, 5.74) is 1.82. The van der Waals surface area contributed by atoms with Crippen molar-refractivity contribution in [3.8, 4) is 0 Å². The second kappa shape index (κ2) is 8.09. The molecule has 1 N–H and O–H groups in total. The van der Waals surface area contributed by atoms with E-state index in [0.717, 1.165) is 30.7 Å². The highest BCUT2D eigenvalue weighted by Crippen LogP contribution is 2.36. The van der Waals surface area contributed by atoms with Gasteiger partial charge in [-0.3, -0.25) is 10.1 Å². The van der Waals surface area contributed by atoms with Gasteiger partial charge < -0.3 is 15.0 Å². The van der Waals surface area contributed by atoms with E-state index >= 15 is 0 Å². The minimum Gasteiger partial charge on any atom is -0.376 e. The number of nitrogens with one attached hydrogen (secondary N) is 1. The number of anilines is 3. The Hall–Kier alpha value is -2.74. The van der Waals surface area contributed by atoms with Crippen molar-refractivity contribution in [1.29, 1.82) is 0 Å². The van der Waals surface area contributed by atoms with Gasteiger partial charge in [-0.2, -0.15) is 0 Å². The molecular formula is C18H23N5O3. The van der Waals surface area contributed by atoms with Crippen LogP contribution in [0.4, 0.5) is 23.0 Å². The molecule has 8 nitrogen and oxygen atoms in total. The van der Waals surface area contributed by atoms with Crippen LogP contribution in [0, 0.1) is 17.0 Å². The molecule has 3 rings (SSSR count). The second-order valence-electron chi connectivity index (χ2n) is 6.25. The minimum atomic E-state index is -0.425. The van der Waals surface area contributed by atoms with E-state index in [1.54, 1.807) is 0 Å². The van der Waals surface area contributed by atoms with E-state index in [9.17, 15) is 10.1 Å². The van der Waals surface area contributed by atoms with Gasteiger partial charge in [0.25, 0.3) is 0 Å². The zero-order valence-corrected chi connectivity index (χ0v) is 15.0. The van der Waals surface area contributed by atoms with E-state index in [0.29, 0.717) is 13.1 Å². The highest BCUT2D eigenvalue weighted by atomic mass is 16.6. The van der Waals surface area contributed by atoms with E-state index < -0.39 is 4.92 Å². The molecule has 138 valence electrons. The number of nitro groups is 1. The van der Waals surface area contributed by atoms with E-state index in [1.165, 1.54) is 6.33 Å². The fourth-order valence-corrected chi connectivity index (χ4v) is 3.13. The second-order valence-corrected chi connectivity index (χ2v) is 6.25. The first kappa shape index (κ1) is 18.1. The van der Waals surface area contributed by atoms with E-state index in [-0.39, 0.29) is 23.4 Å². The standard InChI is InChI=1S/C18H23N5O3/c1-3-22(14-7-4-6-13(2)10-14)18-16(23(24)25)17(20-12-21-18)19-11-15-8-5-9-26-15/h4,6-7,10,12,15H,3,5,8-9,11H2,1-2H3,(H,19,20,21). The summed E-state index contributed by atoms with van der Waals surface area (Å²) >= 11 is 0. The van der Waals surface area contributed by atoms with Crippen molar-refractivity contribution in [3.63, 3.8) is 0 Å². The van der Waals surface area contributed by atoms with Gasteiger partial charge in [0.2, 0.25) is 11.6 Å². The first-order chi connectivity index (χ1) is 12.6. The number of hydrogen-bond acceptors (Lipinski definition) is 7. The molecule has 0 saturated carbocycles. The largest absolute Gasteiger partial charge is 0.376 e. The monoisotopic (exact) mass is 357 g/mol. The Morgan fingerprint density at radius 1 is 1.42 bits per heavy atom. The maximum absolute atomic E-state index is 11.8. The van der Waals surface area contributed by atoms with Crippen molar-refractivity contribution in [1.82, 2.24) is 9.97 Å².